The molecule has 1 aromatic heterocycles. The predicted octanol–water partition coefficient (Wildman–Crippen LogP) is 5.59. The summed E-state index contributed by atoms with van der Waals surface area (Å²) in [4.78, 5) is 12.3. The first-order chi connectivity index (χ1) is 14.0. The number of hydrogen-bond donors (Lipinski definition) is 1. The second-order valence-electron chi connectivity index (χ2n) is 5.71. The highest BCUT2D eigenvalue weighted by molar-refractivity contribution is 7.15. The molecule has 1 heterocycles. The quantitative estimate of drug-likeness (QED) is 0.508. The number of carbonyl (C=O) groups excluding carboxylic acids is 1. The summed E-state index contributed by atoms with van der Waals surface area (Å²) in [5, 5.41) is 12.3. The van der Waals surface area contributed by atoms with Crippen LogP contribution < -0.4 is 14.8 Å². The molecule has 1 N–H and O–H groups in total. The van der Waals surface area contributed by atoms with E-state index in [1.165, 1.54) is 0 Å². The number of anilines is 1. The van der Waals surface area contributed by atoms with Crippen molar-refractivity contribution in [3.8, 4) is 11.5 Å². The maximum atomic E-state index is 12.3. The highest BCUT2D eigenvalue weighted by Gasteiger charge is 2.15. The lowest BCUT2D eigenvalue weighted by Crippen LogP contribution is -2.11. The molecule has 0 aliphatic heterocycles. The highest BCUT2D eigenvalue weighted by Crippen LogP contribution is 2.31. The predicted molar refractivity (Wildman–Crippen MR) is 117 cm³/mol. The van der Waals surface area contributed by atoms with Crippen LogP contribution >= 0.6 is 34.5 Å². The van der Waals surface area contributed by atoms with Crippen LogP contribution in [0.1, 0.15) is 27.3 Å². The molecule has 0 aliphatic rings. The first kappa shape index (κ1) is 21.1. The van der Waals surface area contributed by atoms with E-state index in [4.69, 9.17) is 32.7 Å². The molecule has 0 unspecified atom stereocenters. The van der Waals surface area contributed by atoms with Crippen molar-refractivity contribution in [2.45, 2.75) is 6.92 Å². The average Bonchev–Trinajstić information content (AvgIpc) is 3.21. The van der Waals surface area contributed by atoms with Gasteiger partial charge in [0.2, 0.25) is 5.01 Å². The zero-order chi connectivity index (χ0) is 20.8. The van der Waals surface area contributed by atoms with Crippen LogP contribution in [0.15, 0.2) is 42.5 Å². The average molecular weight is 450 g/mol. The van der Waals surface area contributed by atoms with Gasteiger partial charge >= 0.3 is 0 Å². The zero-order valence-electron chi connectivity index (χ0n) is 15.6. The lowest BCUT2D eigenvalue weighted by Gasteiger charge is -2.09. The number of halogens is 2. The van der Waals surface area contributed by atoms with E-state index >= 15 is 0 Å². The Hall–Kier alpha value is -2.61. The van der Waals surface area contributed by atoms with E-state index in [9.17, 15) is 4.79 Å². The normalized spacial score (nSPS) is 11.2. The van der Waals surface area contributed by atoms with Gasteiger partial charge in [-0.05, 0) is 55.0 Å². The van der Waals surface area contributed by atoms with Crippen molar-refractivity contribution in [3.05, 3.63) is 63.1 Å². The minimum atomic E-state index is -0.372. The number of nitrogens with zero attached hydrogens (tertiary/aromatic N) is 2. The molecule has 150 valence electrons. The van der Waals surface area contributed by atoms with Crippen LogP contribution in [-0.4, -0.2) is 29.8 Å². The molecule has 0 fully saturated rings. The summed E-state index contributed by atoms with van der Waals surface area (Å²) in [5.74, 6) is 0.883. The van der Waals surface area contributed by atoms with Gasteiger partial charge < -0.3 is 14.8 Å². The van der Waals surface area contributed by atoms with E-state index in [2.05, 4.69) is 15.5 Å². The molecule has 0 atom stereocenters. The third kappa shape index (κ3) is 5.47. The summed E-state index contributed by atoms with van der Waals surface area (Å²) in [6.07, 6.45) is 1.72. The minimum absolute atomic E-state index is 0.200. The first-order valence-electron chi connectivity index (χ1n) is 8.59. The van der Waals surface area contributed by atoms with Crippen LogP contribution in [0.2, 0.25) is 5.02 Å². The van der Waals surface area contributed by atoms with Gasteiger partial charge in [-0.25, -0.2) is 0 Å². The summed E-state index contributed by atoms with van der Waals surface area (Å²) < 4.78 is 10.8. The van der Waals surface area contributed by atoms with E-state index in [0.29, 0.717) is 38.9 Å². The fraction of sp³-hybridized carbons (Fsp3) is 0.150. The monoisotopic (exact) mass is 449 g/mol. The van der Waals surface area contributed by atoms with Crippen molar-refractivity contribution < 1.29 is 14.3 Å². The molecular weight excluding hydrogens is 433 g/mol. The van der Waals surface area contributed by atoms with Crippen molar-refractivity contribution in [1.29, 1.82) is 0 Å². The molecule has 3 rings (SSSR count). The molecule has 0 saturated heterocycles. The number of ether oxygens (including phenoxy) is 2. The van der Waals surface area contributed by atoms with Gasteiger partial charge in [0.1, 0.15) is 0 Å². The Morgan fingerprint density at radius 2 is 1.86 bits per heavy atom. The minimum Gasteiger partial charge on any atom is -0.493 e. The topological polar surface area (TPSA) is 73.3 Å². The summed E-state index contributed by atoms with van der Waals surface area (Å²) in [6, 6.07) is 12.3. The summed E-state index contributed by atoms with van der Waals surface area (Å²) in [7, 11) is 1.57. The molecule has 29 heavy (non-hydrogen) atoms. The van der Waals surface area contributed by atoms with Gasteiger partial charge in [0.15, 0.2) is 16.5 Å². The van der Waals surface area contributed by atoms with Crippen molar-refractivity contribution in [2.75, 3.05) is 19.0 Å². The Bertz CT molecular complexity index is 1040. The third-order valence-electron chi connectivity index (χ3n) is 3.71. The van der Waals surface area contributed by atoms with Crippen molar-refractivity contribution in [2.24, 2.45) is 0 Å². The number of rotatable bonds is 7. The molecule has 1 amide bonds. The molecule has 0 bridgehead atoms. The van der Waals surface area contributed by atoms with E-state index in [1.807, 2.05) is 25.1 Å². The maximum Gasteiger partial charge on any atom is 0.286 e. The van der Waals surface area contributed by atoms with Crippen molar-refractivity contribution in [3.63, 3.8) is 0 Å². The Morgan fingerprint density at radius 1 is 1.14 bits per heavy atom. The largest absolute Gasteiger partial charge is 0.493 e. The molecule has 9 heteroatoms. The van der Waals surface area contributed by atoms with E-state index < -0.39 is 0 Å². The fourth-order valence-electron chi connectivity index (χ4n) is 2.39. The van der Waals surface area contributed by atoms with Gasteiger partial charge in [0.05, 0.1) is 18.7 Å². The molecule has 0 spiro atoms. The second-order valence-corrected chi connectivity index (χ2v) is 7.53. The van der Waals surface area contributed by atoms with Gasteiger partial charge in [-0.2, -0.15) is 0 Å². The smallest absolute Gasteiger partial charge is 0.286 e. The lowest BCUT2D eigenvalue weighted by molar-refractivity contribution is 0.102. The van der Waals surface area contributed by atoms with Crippen LogP contribution in [0, 0.1) is 0 Å². The van der Waals surface area contributed by atoms with Gasteiger partial charge in [0, 0.05) is 10.7 Å². The van der Waals surface area contributed by atoms with Crippen LogP contribution in [0.3, 0.4) is 0 Å². The maximum absolute atomic E-state index is 12.3. The number of hydrogen-bond acceptors (Lipinski definition) is 6. The molecule has 0 saturated carbocycles. The SMILES string of the molecule is CCOc1ccc(/C=C(\Cl)c2nnc(C(=O)Nc3ccc(Cl)cc3)s2)cc1OC. The number of aromatic nitrogens is 2. The summed E-state index contributed by atoms with van der Waals surface area (Å²) in [5.41, 5.74) is 1.41. The number of nitrogens with one attached hydrogen (secondary N) is 1. The number of benzene rings is 2. The molecule has 3 aromatic rings. The van der Waals surface area contributed by atoms with Crippen LogP contribution in [0.25, 0.3) is 11.1 Å². The number of amides is 1. The number of methoxy groups -OCH3 is 1. The summed E-state index contributed by atoms with van der Waals surface area (Å²) >= 11 is 13.3. The van der Waals surface area contributed by atoms with Gasteiger partial charge in [-0.3, -0.25) is 4.79 Å². The molecular formula is C20H17Cl2N3O3S. The Kier molecular flexibility index (Phi) is 7.09. The van der Waals surface area contributed by atoms with Gasteiger partial charge in [-0.1, -0.05) is 40.6 Å². The highest BCUT2D eigenvalue weighted by atomic mass is 35.5. The first-order valence-corrected chi connectivity index (χ1v) is 10.2. The summed E-state index contributed by atoms with van der Waals surface area (Å²) in [6.45, 7) is 2.44. The van der Waals surface area contributed by atoms with Crippen LogP contribution in [0.5, 0.6) is 11.5 Å². The van der Waals surface area contributed by atoms with Gasteiger partial charge in [-0.15, -0.1) is 10.2 Å². The zero-order valence-corrected chi connectivity index (χ0v) is 17.9. The van der Waals surface area contributed by atoms with E-state index in [0.717, 1.165) is 16.9 Å². The Labute approximate surface area is 182 Å². The molecule has 0 aliphatic carbocycles. The second kappa shape index (κ2) is 9.73. The molecule has 2 aromatic carbocycles. The molecule has 0 radical (unpaired) electrons. The van der Waals surface area contributed by atoms with Crippen molar-refractivity contribution >= 4 is 57.2 Å². The standard InChI is InChI=1S/C20H17Cl2N3O3S/c1-3-28-16-9-4-12(11-17(16)27-2)10-15(22)19-24-25-20(29-19)18(26)23-14-7-5-13(21)6-8-14/h4-11H,3H2,1-2H3,(H,23,26)/b15-10-. The van der Waals surface area contributed by atoms with Crippen molar-refractivity contribution in [1.82, 2.24) is 10.2 Å². The Balaban J connectivity index is 1.75. The fourth-order valence-corrected chi connectivity index (χ4v) is 3.44. The van der Waals surface area contributed by atoms with E-state index in [1.54, 1.807) is 37.5 Å². The van der Waals surface area contributed by atoms with Crippen LogP contribution in [0.4, 0.5) is 5.69 Å². The number of carbonyl (C=O) groups is 1. The Morgan fingerprint density at radius 3 is 2.55 bits per heavy atom. The molecule has 6 nitrogen and oxygen atoms in total. The lowest BCUT2D eigenvalue weighted by atomic mass is 10.2. The van der Waals surface area contributed by atoms with Gasteiger partial charge in [0.25, 0.3) is 5.91 Å². The third-order valence-corrected chi connectivity index (χ3v) is 5.31. The van der Waals surface area contributed by atoms with Crippen LogP contribution in [-0.2, 0) is 0 Å². The van der Waals surface area contributed by atoms with E-state index in [-0.39, 0.29) is 10.9 Å².